The Labute approximate surface area is 363 Å². The van der Waals surface area contributed by atoms with E-state index in [2.05, 4.69) is 29.9 Å². The fraction of sp³-hybridized carbons (Fsp3) is 0.111. The standard InChI is InChI=1S/2C18H15N3O7S2.Co.H3N/c2*1-19-30(26,27)10-6-7-14(22)13(8-10)20-21-15-16(23)11-4-2-3-5-12(11)17-18(15)29(24,25)9-28-17;;/h2*2-8,19,22-23H,9H2,1H3;;1H3/q;;+3;/p-3. The Morgan fingerprint density at radius 2 is 0.887 bits per heavy atom. The minimum absolute atomic E-state index is 0. The van der Waals surface area contributed by atoms with Gasteiger partial charge >= 0.3 is 16.8 Å². The maximum atomic E-state index is 12.9. The number of sulfonamides is 2. The van der Waals surface area contributed by atoms with E-state index in [1.807, 2.05) is 0 Å². The van der Waals surface area contributed by atoms with Crippen molar-refractivity contribution in [1.82, 2.24) is 15.6 Å². The number of ether oxygens (including phenoxy) is 2. The first kappa shape index (κ1) is 47.1. The first-order chi connectivity index (χ1) is 28.3. The Kier molecular flexibility index (Phi) is 13.2. The van der Waals surface area contributed by atoms with Crippen LogP contribution < -0.4 is 45.5 Å². The average Bonchev–Trinajstić information content (AvgIpc) is 3.73. The summed E-state index contributed by atoms with van der Waals surface area (Å²) in [6.07, 6.45) is 0. The molecule has 0 radical (unpaired) electrons. The van der Waals surface area contributed by atoms with E-state index in [4.69, 9.17) is 9.47 Å². The van der Waals surface area contributed by atoms with E-state index in [9.17, 15) is 54.1 Å². The largest absolute Gasteiger partial charge is 3.00 e. The molecule has 8 rings (SSSR count). The van der Waals surface area contributed by atoms with Gasteiger partial charge in [-0.25, -0.2) is 43.1 Å². The zero-order chi connectivity index (χ0) is 43.4. The molecule has 2 aliphatic heterocycles. The molecule has 0 saturated carbocycles. The van der Waals surface area contributed by atoms with Crippen molar-refractivity contribution in [2.75, 3.05) is 26.0 Å². The molecule has 2 heterocycles. The summed E-state index contributed by atoms with van der Waals surface area (Å²) < 4.78 is 112. The first-order valence-electron chi connectivity index (χ1n) is 16.9. The van der Waals surface area contributed by atoms with Crippen LogP contribution in [-0.4, -0.2) is 59.6 Å². The van der Waals surface area contributed by atoms with Gasteiger partial charge in [-0.05, 0) is 49.1 Å². The number of quaternary nitrogens is 1. The zero-order valence-corrected chi connectivity index (χ0v) is 36.3. The van der Waals surface area contributed by atoms with Gasteiger partial charge in [0.25, 0.3) is 0 Å². The third kappa shape index (κ3) is 8.46. The zero-order valence-electron chi connectivity index (χ0n) is 32.0. The topological polar surface area (TPSA) is 357 Å². The summed E-state index contributed by atoms with van der Waals surface area (Å²) in [7, 11) is -13.2. The predicted molar refractivity (Wildman–Crippen MR) is 211 cm³/mol. The van der Waals surface area contributed by atoms with Gasteiger partial charge in [0.15, 0.2) is 11.9 Å². The number of sulfone groups is 2. The molecule has 0 bridgehead atoms. The van der Waals surface area contributed by atoms with Crippen LogP contribution in [0.3, 0.4) is 0 Å². The van der Waals surface area contributed by atoms with Crippen molar-refractivity contribution in [3.8, 4) is 34.5 Å². The van der Waals surface area contributed by atoms with Crippen LogP contribution in [0.25, 0.3) is 21.5 Å². The van der Waals surface area contributed by atoms with Crippen LogP contribution in [0.1, 0.15) is 0 Å². The Hall–Kier alpha value is -5.97. The molecular weight excluding hydrogens is 942 g/mol. The van der Waals surface area contributed by atoms with Crippen LogP contribution in [0, 0.1) is 0 Å². The number of benzene rings is 6. The summed E-state index contributed by atoms with van der Waals surface area (Å²) in [6.45, 7) is 0. The fourth-order valence-corrected chi connectivity index (χ4v) is 10.1. The Balaban J connectivity index is 0.000000227. The Morgan fingerprint density at radius 1 is 0.548 bits per heavy atom. The molecular formula is C36H30CoN7O14S4. The van der Waals surface area contributed by atoms with E-state index in [-0.39, 0.29) is 66.4 Å². The van der Waals surface area contributed by atoms with Crippen molar-refractivity contribution >= 4 is 84.0 Å². The van der Waals surface area contributed by atoms with Gasteiger partial charge in [0.1, 0.15) is 32.7 Å². The van der Waals surface area contributed by atoms with Gasteiger partial charge < -0.3 is 36.1 Å². The predicted octanol–water partition coefficient (Wildman–Crippen LogP) is 3.24. The second kappa shape index (κ2) is 17.4. The maximum Gasteiger partial charge on any atom is 3.00 e. The molecule has 62 heavy (non-hydrogen) atoms. The van der Waals surface area contributed by atoms with Gasteiger partial charge in [-0.3, -0.25) is 0 Å². The minimum atomic E-state index is -3.96. The summed E-state index contributed by atoms with van der Waals surface area (Å²) >= 11 is 0. The molecule has 0 unspecified atom stereocenters. The average molecular weight is 972 g/mol. The minimum Gasteiger partial charge on any atom is -0.871 e. The molecule has 0 aromatic heterocycles. The summed E-state index contributed by atoms with van der Waals surface area (Å²) in [5, 5.41) is 65.8. The van der Waals surface area contributed by atoms with E-state index in [0.717, 1.165) is 36.4 Å². The van der Waals surface area contributed by atoms with Crippen LogP contribution in [0.2, 0.25) is 0 Å². The monoisotopic (exact) mass is 971 g/mol. The molecule has 26 heteroatoms. The van der Waals surface area contributed by atoms with Crippen molar-refractivity contribution in [2.45, 2.75) is 19.6 Å². The smallest absolute Gasteiger partial charge is 0.871 e. The molecule has 2 aliphatic rings. The van der Waals surface area contributed by atoms with Crippen molar-refractivity contribution in [3.63, 3.8) is 0 Å². The molecule has 0 aliphatic carbocycles. The van der Waals surface area contributed by atoms with Crippen molar-refractivity contribution < 1.29 is 80.3 Å². The molecule has 326 valence electrons. The molecule has 0 saturated heterocycles. The fourth-order valence-electron chi connectivity index (χ4n) is 6.04. The van der Waals surface area contributed by atoms with Gasteiger partial charge in [-0.1, -0.05) is 83.7 Å². The van der Waals surface area contributed by atoms with Gasteiger partial charge in [0, 0.05) is 10.8 Å². The van der Waals surface area contributed by atoms with Crippen LogP contribution in [0.4, 0.5) is 22.7 Å². The van der Waals surface area contributed by atoms with Crippen LogP contribution in [0.15, 0.2) is 125 Å². The van der Waals surface area contributed by atoms with E-state index < -0.39 is 95.8 Å². The third-order valence-corrected chi connectivity index (χ3v) is 14.7. The van der Waals surface area contributed by atoms with E-state index >= 15 is 0 Å². The van der Waals surface area contributed by atoms with Crippen LogP contribution in [-0.2, 0) is 56.5 Å². The molecule has 6 aromatic rings. The molecule has 0 spiro atoms. The number of rotatable bonds is 8. The molecule has 21 nitrogen and oxygen atoms in total. The molecule has 6 aromatic carbocycles. The number of nitrogens with zero attached hydrogens (tertiary/aromatic N) is 4. The quantitative estimate of drug-likeness (QED) is 0.184. The van der Waals surface area contributed by atoms with Gasteiger partial charge in [0.2, 0.25) is 39.7 Å². The second-order valence-corrected chi connectivity index (χ2v) is 20.1. The summed E-state index contributed by atoms with van der Waals surface area (Å²) in [5.41, 5.74) is -1.74. The van der Waals surface area contributed by atoms with Gasteiger partial charge in [-0.2, -0.15) is 10.2 Å². The van der Waals surface area contributed by atoms with Crippen LogP contribution >= 0.6 is 0 Å². The summed E-state index contributed by atoms with van der Waals surface area (Å²) in [4.78, 5) is -1.27. The molecule has 0 fully saturated rings. The summed E-state index contributed by atoms with van der Waals surface area (Å²) in [5.74, 6) is -4.03. The Bertz CT molecular complexity index is 3100. The first-order valence-corrected chi connectivity index (χ1v) is 23.1. The number of nitrogens with one attached hydrogen (secondary N) is 2. The van der Waals surface area contributed by atoms with Crippen molar-refractivity contribution in [3.05, 3.63) is 84.9 Å². The molecule has 0 atom stereocenters. The third-order valence-electron chi connectivity index (χ3n) is 8.98. The SMILES string of the molecule is CNS(=O)(=O)c1ccc([O-])c(N=Nc2c3c(c4ccccc4c2[O-])OCS3(=O)=O)c1.CNS(=O)(=O)c1ccc([O-])c(N=Nc2c3c(c4ccccc4c2[O-])OCS3(=O)=O)c1.[Co+3].[NH4+]. The normalized spacial score (nSPS) is 14.9. The number of hydrogen-bond donors (Lipinski definition) is 3. The van der Waals surface area contributed by atoms with E-state index in [1.165, 1.54) is 26.2 Å². The van der Waals surface area contributed by atoms with E-state index in [1.54, 1.807) is 36.4 Å². The number of azo groups is 2. The molecule has 6 N–H and O–H groups in total. The van der Waals surface area contributed by atoms with Crippen LogP contribution in [0.5, 0.6) is 34.5 Å². The van der Waals surface area contributed by atoms with Crippen molar-refractivity contribution in [1.29, 1.82) is 0 Å². The number of fused-ring (bicyclic) bond motifs is 6. The van der Waals surface area contributed by atoms with Crippen molar-refractivity contribution in [2.24, 2.45) is 20.5 Å². The van der Waals surface area contributed by atoms with Gasteiger partial charge in [-0.15, -0.1) is 10.2 Å². The second-order valence-electron chi connectivity index (χ2n) is 12.6. The molecule has 0 amide bonds. The Morgan fingerprint density at radius 3 is 1.23 bits per heavy atom. The maximum absolute atomic E-state index is 12.9. The summed E-state index contributed by atoms with van der Waals surface area (Å²) in [6, 6.07) is 18.7. The van der Waals surface area contributed by atoms with E-state index in [0.29, 0.717) is 10.8 Å². The number of hydrogen-bond acceptors (Lipinski definition) is 18. The van der Waals surface area contributed by atoms with Gasteiger partial charge in [0.05, 0.1) is 21.2 Å².